The smallest absolute Gasteiger partial charge is 0.255 e. The molecule has 0 unspecified atom stereocenters. The minimum Gasteiger partial charge on any atom is -0.491 e. The molecule has 0 bridgehead atoms. The van der Waals surface area contributed by atoms with Crippen LogP contribution in [-0.4, -0.2) is 52.4 Å². The van der Waals surface area contributed by atoms with Gasteiger partial charge in [-0.1, -0.05) is 6.07 Å². The Morgan fingerprint density at radius 2 is 1.59 bits per heavy atom. The van der Waals surface area contributed by atoms with Crippen molar-refractivity contribution in [1.82, 2.24) is 5.32 Å². The molecular weight excluding hydrogens is 348 g/mol. The molecule has 0 fully saturated rings. The van der Waals surface area contributed by atoms with Gasteiger partial charge in [-0.3, -0.25) is 9.59 Å². The summed E-state index contributed by atoms with van der Waals surface area (Å²) in [5.74, 6) is 0.175. The zero-order valence-corrected chi connectivity index (χ0v) is 15.5. The van der Waals surface area contributed by atoms with E-state index in [1.807, 2.05) is 0 Å². The van der Waals surface area contributed by atoms with Crippen molar-refractivity contribution in [3.63, 3.8) is 0 Å². The van der Waals surface area contributed by atoms with Crippen molar-refractivity contribution >= 4 is 17.5 Å². The number of benzene rings is 2. The number of ether oxygens (including phenoxy) is 3. The highest BCUT2D eigenvalue weighted by Gasteiger charge is 2.09. The number of methoxy groups -OCH3 is 2. The largest absolute Gasteiger partial charge is 0.491 e. The Labute approximate surface area is 158 Å². The highest BCUT2D eigenvalue weighted by Crippen LogP contribution is 2.15. The van der Waals surface area contributed by atoms with Crippen LogP contribution >= 0.6 is 0 Å². The number of hydrogen-bond donors (Lipinski definition) is 2. The lowest BCUT2D eigenvalue weighted by molar-refractivity contribution is 0.0936. The van der Waals surface area contributed by atoms with E-state index >= 15 is 0 Å². The normalized spacial score (nSPS) is 10.3. The fourth-order valence-electron chi connectivity index (χ4n) is 2.26. The third-order valence-corrected chi connectivity index (χ3v) is 3.65. The molecule has 2 aromatic rings. The number of rotatable bonds is 10. The van der Waals surface area contributed by atoms with Gasteiger partial charge < -0.3 is 24.8 Å². The molecule has 0 spiro atoms. The van der Waals surface area contributed by atoms with Gasteiger partial charge in [0, 0.05) is 37.6 Å². The number of anilines is 1. The molecule has 0 aliphatic carbocycles. The van der Waals surface area contributed by atoms with Gasteiger partial charge in [-0.15, -0.1) is 0 Å². The molecule has 0 aliphatic heterocycles. The van der Waals surface area contributed by atoms with Crippen LogP contribution < -0.4 is 15.4 Å². The van der Waals surface area contributed by atoms with Gasteiger partial charge >= 0.3 is 0 Å². The van der Waals surface area contributed by atoms with Crippen molar-refractivity contribution in [2.45, 2.75) is 0 Å². The summed E-state index contributed by atoms with van der Waals surface area (Å²) in [5, 5.41) is 5.53. The van der Waals surface area contributed by atoms with Crippen LogP contribution in [0.25, 0.3) is 0 Å². The molecule has 0 saturated carbocycles. The number of hydrogen-bond acceptors (Lipinski definition) is 5. The van der Waals surface area contributed by atoms with E-state index in [0.717, 1.165) is 0 Å². The molecule has 2 rings (SSSR count). The minimum absolute atomic E-state index is 0.222. The second kappa shape index (κ2) is 10.9. The van der Waals surface area contributed by atoms with Gasteiger partial charge in [0.2, 0.25) is 0 Å². The standard InChI is InChI=1S/C20H24N2O5/c1-25-11-10-21-19(23)16-4-3-5-17(14-16)22-20(24)15-6-8-18(9-7-15)27-13-12-26-2/h3-9,14H,10-13H2,1-2H3,(H,21,23)(H,22,24). The second-order valence-electron chi connectivity index (χ2n) is 5.65. The quantitative estimate of drug-likeness (QED) is 0.625. The van der Waals surface area contributed by atoms with Crippen molar-refractivity contribution in [3.05, 3.63) is 59.7 Å². The Kier molecular flexibility index (Phi) is 8.28. The van der Waals surface area contributed by atoms with Crippen LogP contribution in [0, 0.1) is 0 Å². The average Bonchev–Trinajstić information content (AvgIpc) is 2.69. The number of amides is 2. The van der Waals surface area contributed by atoms with Crippen LogP contribution in [0.15, 0.2) is 48.5 Å². The van der Waals surface area contributed by atoms with E-state index in [9.17, 15) is 9.59 Å². The highest BCUT2D eigenvalue weighted by molar-refractivity contribution is 6.05. The molecule has 2 amide bonds. The van der Waals surface area contributed by atoms with Crippen molar-refractivity contribution < 1.29 is 23.8 Å². The van der Waals surface area contributed by atoms with Crippen molar-refractivity contribution in [2.24, 2.45) is 0 Å². The lowest BCUT2D eigenvalue weighted by Gasteiger charge is -2.09. The zero-order chi connectivity index (χ0) is 19.5. The Bertz CT molecular complexity index is 746. The van der Waals surface area contributed by atoms with Crippen LogP contribution in [0.2, 0.25) is 0 Å². The van der Waals surface area contributed by atoms with Gasteiger partial charge in [-0.05, 0) is 42.5 Å². The summed E-state index contributed by atoms with van der Waals surface area (Å²) in [6.07, 6.45) is 0. The molecule has 0 saturated heterocycles. The summed E-state index contributed by atoms with van der Waals surface area (Å²) < 4.78 is 15.3. The molecule has 2 N–H and O–H groups in total. The molecule has 0 aromatic heterocycles. The first-order chi connectivity index (χ1) is 13.1. The molecule has 7 heteroatoms. The predicted molar refractivity (Wildman–Crippen MR) is 102 cm³/mol. The van der Waals surface area contributed by atoms with Crippen LogP contribution in [0.3, 0.4) is 0 Å². The van der Waals surface area contributed by atoms with Gasteiger partial charge in [-0.25, -0.2) is 0 Å². The van der Waals surface area contributed by atoms with Gasteiger partial charge in [0.1, 0.15) is 12.4 Å². The van der Waals surface area contributed by atoms with Crippen LogP contribution in [0.4, 0.5) is 5.69 Å². The molecule has 0 atom stereocenters. The van der Waals surface area contributed by atoms with Crippen LogP contribution in [0.5, 0.6) is 5.75 Å². The van der Waals surface area contributed by atoms with Crippen molar-refractivity contribution in [3.8, 4) is 5.75 Å². The first-order valence-electron chi connectivity index (χ1n) is 8.54. The van der Waals surface area contributed by atoms with E-state index in [-0.39, 0.29) is 11.8 Å². The Hall–Kier alpha value is -2.90. The first kappa shape index (κ1) is 20.4. The number of nitrogens with one attached hydrogen (secondary N) is 2. The summed E-state index contributed by atoms with van der Waals surface area (Å²) in [6, 6.07) is 13.6. The van der Waals surface area contributed by atoms with Gasteiger partial charge in [0.25, 0.3) is 11.8 Å². The molecular formula is C20H24N2O5. The fraction of sp³-hybridized carbons (Fsp3) is 0.300. The maximum absolute atomic E-state index is 12.4. The molecule has 144 valence electrons. The minimum atomic E-state index is -0.268. The maximum atomic E-state index is 12.4. The lowest BCUT2D eigenvalue weighted by atomic mass is 10.1. The highest BCUT2D eigenvalue weighted by atomic mass is 16.5. The van der Waals surface area contributed by atoms with Gasteiger partial charge in [0.05, 0.1) is 13.2 Å². The average molecular weight is 372 g/mol. The molecule has 0 radical (unpaired) electrons. The van der Waals surface area contributed by atoms with E-state index in [2.05, 4.69) is 10.6 Å². The van der Waals surface area contributed by atoms with Gasteiger partial charge in [0.15, 0.2) is 0 Å². The molecule has 0 heterocycles. The van der Waals surface area contributed by atoms with E-state index < -0.39 is 0 Å². The summed E-state index contributed by atoms with van der Waals surface area (Å²) >= 11 is 0. The third-order valence-electron chi connectivity index (χ3n) is 3.65. The predicted octanol–water partition coefficient (Wildman–Crippen LogP) is 2.34. The van der Waals surface area contributed by atoms with E-state index in [4.69, 9.17) is 14.2 Å². The Balaban J connectivity index is 1.95. The molecule has 0 aliphatic rings. The summed E-state index contributed by atoms with van der Waals surface area (Å²) in [7, 11) is 3.18. The van der Waals surface area contributed by atoms with Crippen LogP contribution in [0.1, 0.15) is 20.7 Å². The molecule has 7 nitrogen and oxygen atoms in total. The van der Waals surface area contributed by atoms with E-state index in [1.54, 1.807) is 62.8 Å². The van der Waals surface area contributed by atoms with Crippen molar-refractivity contribution in [1.29, 1.82) is 0 Å². The molecule has 2 aromatic carbocycles. The lowest BCUT2D eigenvalue weighted by Crippen LogP contribution is -2.27. The number of carbonyl (C=O) groups is 2. The van der Waals surface area contributed by atoms with E-state index in [1.165, 1.54) is 0 Å². The summed E-state index contributed by atoms with van der Waals surface area (Å²) in [6.45, 7) is 1.80. The topological polar surface area (TPSA) is 85.9 Å². The fourth-order valence-corrected chi connectivity index (χ4v) is 2.26. The van der Waals surface area contributed by atoms with Crippen LogP contribution in [-0.2, 0) is 9.47 Å². The summed E-state index contributed by atoms with van der Waals surface area (Å²) in [4.78, 5) is 24.5. The monoisotopic (exact) mass is 372 g/mol. The van der Waals surface area contributed by atoms with Crippen molar-refractivity contribution in [2.75, 3.05) is 45.9 Å². The van der Waals surface area contributed by atoms with Gasteiger partial charge in [-0.2, -0.15) is 0 Å². The number of carbonyl (C=O) groups excluding carboxylic acids is 2. The third kappa shape index (κ3) is 6.73. The Morgan fingerprint density at radius 1 is 0.852 bits per heavy atom. The SMILES string of the molecule is COCCNC(=O)c1cccc(NC(=O)c2ccc(OCCOC)cc2)c1. The molecule has 27 heavy (non-hydrogen) atoms. The Morgan fingerprint density at radius 3 is 2.30 bits per heavy atom. The first-order valence-corrected chi connectivity index (χ1v) is 8.54. The zero-order valence-electron chi connectivity index (χ0n) is 15.5. The second-order valence-corrected chi connectivity index (χ2v) is 5.65. The summed E-state index contributed by atoms with van der Waals surface area (Å²) in [5.41, 5.74) is 1.50. The van der Waals surface area contributed by atoms with E-state index in [0.29, 0.717) is 48.9 Å². The maximum Gasteiger partial charge on any atom is 0.255 e.